The Labute approximate surface area is 119 Å². The SMILES string of the molecule is O=C(c1n[nH]c2c1CCCC2)N1CCCC1CCCO. The van der Waals surface area contributed by atoms with E-state index in [2.05, 4.69) is 10.2 Å². The van der Waals surface area contributed by atoms with Crippen molar-refractivity contribution in [3.8, 4) is 0 Å². The molecule has 1 aliphatic heterocycles. The van der Waals surface area contributed by atoms with Crippen LogP contribution in [0, 0.1) is 0 Å². The van der Waals surface area contributed by atoms with Gasteiger partial charge in [-0.1, -0.05) is 0 Å². The number of amides is 1. The molecule has 0 aromatic carbocycles. The first-order chi connectivity index (χ1) is 9.81. The molecule has 1 aliphatic carbocycles. The van der Waals surface area contributed by atoms with Crippen LogP contribution in [0.1, 0.15) is 60.3 Å². The molecule has 0 spiro atoms. The lowest BCUT2D eigenvalue weighted by Crippen LogP contribution is -2.36. The predicted molar refractivity (Wildman–Crippen MR) is 75.6 cm³/mol. The minimum atomic E-state index is 0.0878. The Balaban J connectivity index is 1.76. The molecule has 2 N–H and O–H groups in total. The van der Waals surface area contributed by atoms with E-state index in [9.17, 15) is 4.79 Å². The van der Waals surface area contributed by atoms with Crippen LogP contribution in [0.4, 0.5) is 0 Å². The van der Waals surface area contributed by atoms with Crippen LogP contribution in [0.3, 0.4) is 0 Å². The maximum absolute atomic E-state index is 12.7. The molecule has 110 valence electrons. The molecule has 1 saturated heterocycles. The van der Waals surface area contributed by atoms with Crippen LogP contribution in [0.25, 0.3) is 0 Å². The largest absolute Gasteiger partial charge is 0.396 e. The summed E-state index contributed by atoms with van der Waals surface area (Å²) in [5.74, 6) is 0.0878. The average Bonchev–Trinajstić information content (AvgIpc) is 3.11. The van der Waals surface area contributed by atoms with Gasteiger partial charge in [0.2, 0.25) is 0 Å². The highest BCUT2D eigenvalue weighted by Gasteiger charge is 2.32. The Morgan fingerprint density at radius 3 is 3.05 bits per heavy atom. The number of hydrogen-bond donors (Lipinski definition) is 2. The van der Waals surface area contributed by atoms with Crippen LogP contribution >= 0.6 is 0 Å². The van der Waals surface area contributed by atoms with E-state index in [4.69, 9.17) is 5.11 Å². The molecule has 2 aliphatic rings. The third kappa shape index (κ3) is 2.46. The summed E-state index contributed by atoms with van der Waals surface area (Å²) in [4.78, 5) is 14.7. The summed E-state index contributed by atoms with van der Waals surface area (Å²) in [6, 6.07) is 0.283. The normalized spacial score (nSPS) is 22.1. The zero-order chi connectivity index (χ0) is 13.9. The molecule has 1 amide bonds. The number of nitrogens with zero attached hydrogens (tertiary/aromatic N) is 2. The molecular formula is C15H23N3O2. The smallest absolute Gasteiger partial charge is 0.274 e. The molecule has 5 nitrogen and oxygen atoms in total. The van der Waals surface area contributed by atoms with Gasteiger partial charge in [-0.2, -0.15) is 5.10 Å². The molecule has 1 aromatic heterocycles. The van der Waals surface area contributed by atoms with Crippen molar-refractivity contribution in [3.63, 3.8) is 0 Å². The molecule has 0 bridgehead atoms. The number of fused-ring (bicyclic) bond motifs is 1. The highest BCUT2D eigenvalue weighted by atomic mass is 16.3. The third-order valence-electron chi connectivity index (χ3n) is 4.59. The van der Waals surface area contributed by atoms with Crippen molar-refractivity contribution in [2.24, 2.45) is 0 Å². The Bertz CT molecular complexity index is 483. The molecule has 0 radical (unpaired) electrons. The van der Waals surface area contributed by atoms with Crippen molar-refractivity contribution in [2.45, 2.75) is 57.4 Å². The second-order valence-corrected chi connectivity index (χ2v) is 5.90. The molecule has 1 aromatic rings. The Morgan fingerprint density at radius 1 is 1.35 bits per heavy atom. The zero-order valence-corrected chi connectivity index (χ0v) is 11.9. The van der Waals surface area contributed by atoms with Crippen molar-refractivity contribution < 1.29 is 9.90 Å². The van der Waals surface area contributed by atoms with Gasteiger partial charge in [-0.15, -0.1) is 0 Å². The lowest BCUT2D eigenvalue weighted by atomic mass is 9.95. The highest BCUT2D eigenvalue weighted by molar-refractivity contribution is 5.94. The first-order valence-electron chi connectivity index (χ1n) is 7.79. The molecule has 2 heterocycles. The first-order valence-corrected chi connectivity index (χ1v) is 7.79. The Kier molecular flexibility index (Phi) is 4.05. The first kappa shape index (κ1) is 13.6. The number of aromatic nitrogens is 2. The number of aryl methyl sites for hydroxylation is 1. The summed E-state index contributed by atoms with van der Waals surface area (Å²) in [6.45, 7) is 1.03. The maximum Gasteiger partial charge on any atom is 0.274 e. The lowest BCUT2D eigenvalue weighted by molar-refractivity contribution is 0.0717. The molecule has 1 fully saturated rings. The summed E-state index contributed by atoms with van der Waals surface area (Å²) < 4.78 is 0. The van der Waals surface area contributed by atoms with E-state index in [1.54, 1.807) is 0 Å². The van der Waals surface area contributed by atoms with Crippen LogP contribution < -0.4 is 0 Å². The molecule has 1 unspecified atom stereocenters. The number of aliphatic hydroxyl groups excluding tert-OH is 1. The molecule has 0 saturated carbocycles. The number of rotatable bonds is 4. The monoisotopic (exact) mass is 277 g/mol. The maximum atomic E-state index is 12.7. The van der Waals surface area contributed by atoms with E-state index in [0.717, 1.165) is 62.7 Å². The molecule has 5 heteroatoms. The minimum absolute atomic E-state index is 0.0878. The predicted octanol–water partition coefficient (Wildman–Crippen LogP) is 1.67. The summed E-state index contributed by atoms with van der Waals surface area (Å²) in [6.07, 6.45) is 8.12. The van der Waals surface area contributed by atoms with E-state index < -0.39 is 0 Å². The van der Waals surface area contributed by atoms with E-state index in [0.29, 0.717) is 5.69 Å². The van der Waals surface area contributed by atoms with Gasteiger partial charge in [0.25, 0.3) is 5.91 Å². The van der Waals surface area contributed by atoms with Crippen LogP contribution in [-0.4, -0.2) is 45.3 Å². The van der Waals surface area contributed by atoms with Crippen LogP contribution in [0.15, 0.2) is 0 Å². The molecule has 20 heavy (non-hydrogen) atoms. The summed E-state index contributed by atoms with van der Waals surface area (Å²) >= 11 is 0. The summed E-state index contributed by atoms with van der Waals surface area (Å²) in [5.41, 5.74) is 2.95. The quantitative estimate of drug-likeness (QED) is 0.879. The Morgan fingerprint density at radius 2 is 2.20 bits per heavy atom. The van der Waals surface area contributed by atoms with Gasteiger partial charge in [0, 0.05) is 30.5 Å². The zero-order valence-electron chi connectivity index (χ0n) is 11.9. The standard InChI is InChI=1S/C15H23N3O2/c19-10-4-6-11-5-3-9-18(11)15(20)14-12-7-1-2-8-13(12)16-17-14/h11,19H,1-10H2,(H,16,17). The third-order valence-corrected chi connectivity index (χ3v) is 4.59. The van der Waals surface area contributed by atoms with Gasteiger partial charge >= 0.3 is 0 Å². The fourth-order valence-corrected chi connectivity index (χ4v) is 3.52. The van der Waals surface area contributed by atoms with Crippen LogP contribution in [-0.2, 0) is 12.8 Å². The van der Waals surface area contributed by atoms with Gasteiger partial charge in [0.15, 0.2) is 5.69 Å². The van der Waals surface area contributed by atoms with Crippen molar-refractivity contribution in [2.75, 3.05) is 13.2 Å². The van der Waals surface area contributed by atoms with E-state index in [1.165, 1.54) is 6.42 Å². The van der Waals surface area contributed by atoms with E-state index >= 15 is 0 Å². The van der Waals surface area contributed by atoms with Crippen molar-refractivity contribution in [3.05, 3.63) is 17.0 Å². The minimum Gasteiger partial charge on any atom is -0.396 e. The van der Waals surface area contributed by atoms with Crippen molar-refractivity contribution in [1.82, 2.24) is 15.1 Å². The number of likely N-dealkylation sites (tertiary alicyclic amines) is 1. The second kappa shape index (κ2) is 5.95. The van der Waals surface area contributed by atoms with Gasteiger partial charge in [0.1, 0.15) is 0 Å². The summed E-state index contributed by atoms with van der Waals surface area (Å²) in [7, 11) is 0. The van der Waals surface area contributed by atoms with E-state index in [-0.39, 0.29) is 18.6 Å². The van der Waals surface area contributed by atoms with Gasteiger partial charge in [0.05, 0.1) is 0 Å². The van der Waals surface area contributed by atoms with Crippen molar-refractivity contribution in [1.29, 1.82) is 0 Å². The fraction of sp³-hybridized carbons (Fsp3) is 0.733. The summed E-state index contributed by atoms with van der Waals surface area (Å²) in [5, 5.41) is 16.3. The average molecular weight is 277 g/mol. The number of carbonyl (C=O) groups excluding carboxylic acids is 1. The second-order valence-electron chi connectivity index (χ2n) is 5.90. The Hall–Kier alpha value is -1.36. The van der Waals surface area contributed by atoms with E-state index in [1.807, 2.05) is 4.90 Å². The van der Waals surface area contributed by atoms with Crippen LogP contribution in [0.5, 0.6) is 0 Å². The van der Waals surface area contributed by atoms with Gasteiger partial charge in [-0.3, -0.25) is 9.89 Å². The molecular weight excluding hydrogens is 254 g/mol. The number of aliphatic hydroxyl groups is 1. The molecule has 3 rings (SSSR count). The van der Waals surface area contributed by atoms with Crippen molar-refractivity contribution >= 4 is 5.91 Å². The number of nitrogens with one attached hydrogen (secondary N) is 1. The highest BCUT2D eigenvalue weighted by Crippen LogP contribution is 2.27. The number of aromatic amines is 1. The van der Waals surface area contributed by atoms with Gasteiger partial charge in [-0.25, -0.2) is 0 Å². The molecule has 1 atom stereocenters. The lowest BCUT2D eigenvalue weighted by Gasteiger charge is -2.24. The number of carbonyl (C=O) groups is 1. The van der Waals surface area contributed by atoms with Crippen LogP contribution in [0.2, 0.25) is 0 Å². The number of H-pyrrole nitrogens is 1. The number of hydrogen-bond acceptors (Lipinski definition) is 3. The topological polar surface area (TPSA) is 69.2 Å². The fourth-order valence-electron chi connectivity index (χ4n) is 3.52. The van der Waals surface area contributed by atoms with Gasteiger partial charge in [-0.05, 0) is 51.4 Å². The van der Waals surface area contributed by atoms with Gasteiger partial charge < -0.3 is 10.0 Å².